The minimum absolute atomic E-state index is 0.932. The molecule has 0 amide bonds. The monoisotopic (exact) mass is 1320 g/mol. The zero-order chi connectivity index (χ0) is 48.0. The Balaban J connectivity index is 0.00000175. The molecule has 4 nitrogen and oxygen atoms in total. The van der Waals surface area contributed by atoms with E-state index in [2.05, 4.69) is 195 Å². The van der Waals surface area contributed by atoms with Gasteiger partial charge in [-0.25, -0.2) is 0 Å². The SMILES string of the molecule is COc1c(C)cc(P(c2cc(C)c(OC)c(C)c2)c2ccc3ccccc3c2-c2c(P(c3cc(C)c(OC)c(C)c3)c3cc(C)c(OC)c(C)c3)ccc3ccccc23)cc1C.[Cl][Au].[Cl][Au]. The van der Waals surface area contributed by atoms with E-state index in [1.165, 1.54) is 64.5 Å². The van der Waals surface area contributed by atoms with Gasteiger partial charge in [-0.15, -0.1) is 0 Å². The number of rotatable bonds is 11. The first-order valence-electron chi connectivity index (χ1n) is 21.4. The number of methoxy groups -OCH3 is 4. The van der Waals surface area contributed by atoms with E-state index in [-0.39, 0.29) is 0 Å². The average molecular weight is 1320 g/mol. The van der Waals surface area contributed by atoms with Gasteiger partial charge in [-0.1, -0.05) is 72.8 Å². The molecule has 66 heavy (non-hydrogen) atoms. The van der Waals surface area contributed by atoms with Gasteiger partial charge in [0.05, 0.1) is 28.4 Å². The average Bonchev–Trinajstić information content (AvgIpc) is 3.30. The number of aryl methyl sites for hydroxylation is 8. The number of hydrogen-bond acceptors (Lipinski definition) is 4. The number of halogens is 2. The van der Waals surface area contributed by atoms with Crippen LogP contribution in [0.4, 0.5) is 0 Å². The summed E-state index contributed by atoms with van der Waals surface area (Å²) < 4.78 is 23.8. The Labute approximate surface area is 426 Å². The summed E-state index contributed by atoms with van der Waals surface area (Å²) in [5.41, 5.74) is 11.6. The van der Waals surface area contributed by atoms with Gasteiger partial charge in [0, 0.05) is 0 Å². The molecule has 350 valence electrons. The molecule has 0 spiro atoms. The second kappa shape index (κ2) is 23.1. The van der Waals surface area contributed by atoms with Crippen molar-refractivity contribution in [2.45, 2.75) is 55.4 Å². The molecule has 0 aromatic heterocycles. The summed E-state index contributed by atoms with van der Waals surface area (Å²) in [6.45, 7) is 17.4. The third kappa shape index (κ3) is 10.2. The molecule has 0 radical (unpaired) electrons. The summed E-state index contributed by atoms with van der Waals surface area (Å²) in [6.07, 6.45) is 0. The van der Waals surface area contributed by atoms with Gasteiger partial charge in [0.25, 0.3) is 0 Å². The number of ether oxygens (including phenoxy) is 4. The molecule has 0 heterocycles. The zero-order valence-corrected chi connectivity index (χ0v) is 47.1. The van der Waals surface area contributed by atoms with Crippen LogP contribution in [0.1, 0.15) is 44.5 Å². The van der Waals surface area contributed by atoms with Crippen LogP contribution >= 0.6 is 34.2 Å². The summed E-state index contributed by atoms with van der Waals surface area (Å²) in [6, 6.07) is 46.2. The minimum atomic E-state index is -1.13. The van der Waals surface area contributed by atoms with Crippen molar-refractivity contribution in [3.63, 3.8) is 0 Å². The molecule has 0 aliphatic heterocycles. The van der Waals surface area contributed by atoms with Crippen molar-refractivity contribution in [1.82, 2.24) is 0 Å². The Morgan fingerprint density at radius 2 is 0.561 bits per heavy atom. The third-order valence-corrected chi connectivity index (χ3v) is 17.0. The fourth-order valence-electron chi connectivity index (χ4n) is 9.79. The van der Waals surface area contributed by atoms with E-state index in [0.29, 0.717) is 0 Å². The van der Waals surface area contributed by atoms with Crippen LogP contribution in [0.2, 0.25) is 0 Å². The third-order valence-electron chi connectivity index (χ3n) is 12.2. The summed E-state index contributed by atoms with van der Waals surface area (Å²) >= 11 is 3.50. The van der Waals surface area contributed by atoms with Crippen molar-refractivity contribution < 1.29 is 58.9 Å². The normalized spacial score (nSPS) is 11.0. The molecule has 0 atom stereocenters. The molecular weight excluding hydrogens is 1260 g/mol. The van der Waals surface area contributed by atoms with E-state index in [1.54, 1.807) is 68.4 Å². The number of benzene rings is 8. The van der Waals surface area contributed by atoms with Crippen LogP contribution < -0.4 is 50.8 Å². The van der Waals surface area contributed by atoms with Crippen LogP contribution in [-0.2, 0) is 40.0 Å². The molecule has 8 rings (SSSR count). The predicted octanol–water partition coefficient (Wildman–Crippen LogP) is 13.1. The first kappa shape index (κ1) is 51.8. The van der Waals surface area contributed by atoms with Crippen LogP contribution in [0.3, 0.4) is 0 Å². The first-order chi connectivity index (χ1) is 31.9. The first-order valence-corrected chi connectivity index (χ1v) is 29.4. The van der Waals surface area contributed by atoms with Crippen molar-refractivity contribution in [2.75, 3.05) is 28.4 Å². The van der Waals surface area contributed by atoms with Gasteiger partial charge in [-0.2, -0.15) is 0 Å². The molecule has 8 aromatic rings. The van der Waals surface area contributed by atoms with E-state index < -0.39 is 15.8 Å². The van der Waals surface area contributed by atoms with Crippen LogP contribution in [0.15, 0.2) is 121 Å². The fraction of sp³-hybridized carbons (Fsp3) is 0.214. The molecular formula is C56H56Au2Cl2O4P2. The van der Waals surface area contributed by atoms with Crippen molar-refractivity contribution in [3.8, 4) is 34.1 Å². The van der Waals surface area contributed by atoms with Crippen LogP contribution in [0.25, 0.3) is 32.7 Å². The number of hydrogen-bond donors (Lipinski definition) is 0. The molecule has 10 heteroatoms. The molecule has 8 aromatic carbocycles. The van der Waals surface area contributed by atoms with Crippen LogP contribution in [-0.4, -0.2) is 28.4 Å². The van der Waals surface area contributed by atoms with Gasteiger partial charge in [0.15, 0.2) is 0 Å². The van der Waals surface area contributed by atoms with E-state index in [4.69, 9.17) is 18.9 Å². The standard InChI is InChI=1S/C56H56O4P2.2Au.2ClH/c1-33-25-43(26-34(2)53(33)57-9)61(44-27-35(3)54(58-10)36(4)28-44)49-23-21-41-17-13-15-19-47(41)51(49)52-48-20-16-14-18-42(48)22-24-50(52)62(45-29-37(5)55(59-11)38(6)30-45)46-31-39(7)56(60-12)40(8)32-46;;;;/h13-32H,1-12H3;;;2*1H/q;2*+1;;/p-2. The van der Waals surface area contributed by atoms with Crippen molar-refractivity contribution >= 4 is 87.6 Å². The molecule has 0 bridgehead atoms. The molecule has 0 aliphatic carbocycles. The molecule has 0 N–H and O–H groups in total. The molecule has 0 unspecified atom stereocenters. The zero-order valence-electron chi connectivity index (χ0n) is 39.4. The predicted molar refractivity (Wildman–Crippen MR) is 280 cm³/mol. The van der Waals surface area contributed by atoms with Crippen molar-refractivity contribution in [1.29, 1.82) is 0 Å². The van der Waals surface area contributed by atoms with Gasteiger partial charge in [-0.05, 0) is 229 Å². The molecule has 0 saturated carbocycles. The summed E-state index contributed by atoms with van der Waals surface area (Å²) in [4.78, 5) is 0. The Morgan fingerprint density at radius 1 is 0.333 bits per heavy atom. The molecule has 0 saturated heterocycles. The molecule has 0 fully saturated rings. The van der Waals surface area contributed by atoms with Gasteiger partial charge >= 0.3 is 58.4 Å². The van der Waals surface area contributed by atoms with E-state index in [0.717, 1.165) is 67.5 Å². The van der Waals surface area contributed by atoms with Crippen LogP contribution in [0.5, 0.6) is 23.0 Å². The second-order valence-electron chi connectivity index (χ2n) is 16.5. The summed E-state index contributed by atoms with van der Waals surface area (Å²) in [5, 5.41) is 12.6. The van der Waals surface area contributed by atoms with Crippen LogP contribution in [0, 0.1) is 55.4 Å². The maximum atomic E-state index is 5.96. The Hall–Kier alpha value is -3.60. The summed E-state index contributed by atoms with van der Waals surface area (Å²) in [5.74, 6) is 3.73. The van der Waals surface area contributed by atoms with Gasteiger partial charge in [0.1, 0.15) is 23.0 Å². The maximum absolute atomic E-state index is 5.96. The van der Waals surface area contributed by atoms with Gasteiger partial charge < -0.3 is 18.9 Å². The van der Waals surface area contributed by atoms with Crippen molar-refractivity contribution in [2.24, 2.45) is 0 Å². The van der Waals surface area contributed by atoms with Gasteiger partial charge in [0.2, 0.25) is 0 Å². The van der Waals surface area contributed by atoms with E-state index >= 15 is 0 Å². The van der Waals surface area contributed by atoms with E-state index in [9.17, 15) is 0 Å². The topological polar surface area (TPSA) is 36.9 Å². The second-order valence-corrected chi connectivity index (χ2v) is 20.9. The summed E-state index contributed by atoms with van der Waals surface area (Å²) in [7, 11) is 14.0. The Morgan fingerprint density at radius 3 is 0.788 bits per heavy atom. The fourth-order valence-corrected chi connectivity index (χ4v) is 15.4. The molecule has 0 aliphatic rings. The number of fused-ring (bicyclic) bond motifs is 2. The Bertz CT molecular complexity index is 2630. The van der Waals surface area contributed by atoms with E-state index in [1.807, 2.05) is 0 Å². The Kier molecular flexibility index (Phi) is 18.2. The van der Waals surface area contributed by atoms with Gasteiger partial charge in [-0.3, -0.25) is 0 Å². The quantitative estimate of drug-likeness (QED) is 0.0955. The van der Waals surface area contributed by atoms with Crippen molar-refractivity contribution in [3.05, 3.63) is 166 Å².